The minimum Gasteiger partial charge on any atom is -0.493 e. The summed E-state index contributed by atoms with van der Waals surface area (Å²) in [5.74, 6) is -0.217. The van der Waals surface area contributed by atoms with E-state index in [1.165, 1.54) is 21.3 Å². The van der Waals surface area contributed by atoms with Crippen molar-refractivity contribution in [2.75, 3.05) is 27.9 Å². The normalized spacial score (nSPS) is 20.3. The lowest BCUT2D eigenvalue weighted by Gasteiger charge is -2.39. The summed E-state index contributed by atoms with van der Waals surface area (Å²) in [6.07, 6.45) is -0.637. The SMILES string of the molecule is CCOC(=O)[C@@]1(CC)O[C@@H](c2ccccc2)c2c(cc(OC)c(OC)c2OC)C1=O. The zero-order valence-electron chi connectivity index (χ0n) is 17.8. The van der Waals surface area contributed by atoms with E-state index in [1.54, 1.807) is 19.9 Å². The molecule has 2 atom stereocenters. The van der Waals surface area contributed by atoms with Gasteiger partial charge in [-0.15, -0.1) is 0 Å². The molecule has 1 aliphatic rings. The summed E-state index contributed by atoms with van der Waals surface area (Å²) in [6, 6.07) is 10.9. The Kier molecular flexibility index (Phi) is 6.31. The number of rotatable bonds is 7. The lowest BCUT2D eigenvalue weighted by Crippen LogP contribution is -2.53. The first-order chi connectivity index (χ1) is 14.5. The molecule has 2 aromatic rings. The number of hydrogen-bond donors (Lipinski definition) is 0. The second kappa shape index (κ2) is 8.75. The molecule has 0 radical (unpaired) electrons. The van der Waals surface area contributed by atoms with Crippen molar-refractivity contribution in [3.8, 4) is 17.2 Å². The van der Waals surface area contributed by atoms with E-state index in [2.05, 4.69) is 0 Å². The highest BCUT2D eigenvalue weighted by molar-refractivity contribution is 6.17. The van der Waals surface area contributed by atoms with Gasteiger partial charge in [-0.25, -0.2) is 4.79 Å². The van der Waals surface area contributed by atoms with Gasteiger partial charge < -0.3 is 23.7 Å². The number of methoxy groups -OCH3 is 3. The molecule has 0 amide bonds. The van der Waals surface area contributed by atoms with Gasteiger partial charge in [-0.05, 0) is 25.0 Å². The van der Waals surface area contributed by atoms with Crippen LogP contribution in [-0.2, 0) is 14.3 Å². The number of ketones is 1. The molecule has 0 aromatic heterocycles. The Bertz CT molecular complexity index is 938. The maximum Gasteiger partial charge on any atom is 0.346 e. The van der Waals surface area contributed by atoms with Crippen molar-refractivity contribution in [2.24, 2.45) is 0 Å². The van der Waals surface area contributed by atoms with E-state index in [9.17, 15) is 9.59 Å². The summed E-state index contributed by atoms with van der Waals surface area (Å²) in [6.45, 7) is 3.54. The molecule has 0 unspecified atom stereocenters. The van der Waals surface area contributed by atoms with E-state index in [1.807, 2.05) is 30.3 Å². The van der Waals surface area contributed by atoms with Crippen LogP contribution in [0, 0.1) is 0 Å². The van der Waals surface area contributed by atoms with Crippen LogP contribution in [0.2, 0.25) is 0 Å². The molecule has 0 fully saturated rings. The summed E-state index contributed by atoms with van der Waals surface area (Å²) in [4.78, 5) is 26.5. The highest BCUT2D eigenvalue weighted by Crippen LogP contribution is 2.51. The number of ether oxygens (including phenoxy) is 5. The zero-order chi connectivity index (χ0) is 21.9. The molecule has 0 N–H and O–H groups in total. The second-order valence-corrected chi connectivity index (χ2v) is 6.75. The number of carbonyl (C=O) groups is 2. The Balaban J connectivity index is 2.36. The highest BCUT2D eigenvalue weighted by atomic mass is 16.6. The van der Waals surface area contributed by atoms with Crippen LogP contribution in [0.25, 0.3) is 0 Å². The lowest BCUT2D eigenvalue weighted by atomic mass is 9.80. The second-order valence-electron chi connectivity index (χ2n) is 6.75. The monoisotopic (exact) mass is 414 g/mol. The van der Waals surface area contributed by atoms with Crippen LogP contribution >= 0.6 is 0 Å². The molecule has 1 aliphatic heterocycles. The first-order valence-corrected chi connectivity index (χ1v) is 9.76. The summed E-state index contributed by atoms with van der Waals surface area (Å²) in [5, 5.41) is 0. The minimum atomic E-state index is -1.77. The average molecular weight is 414 g/mol. The summed E-state index contributed by atoms with van der Waals surface area (Å²) >= 11 is 0. The molecular weight excluding hydrogens is 388 g/mol. The summed E-state index contributed by atoms with van der Waals surface area (Å²) in [5.41, 5.74) is -0.244. The number of fused-ring (bicyclic) bond motifs is 1. The number of hydrogen-bond acceptors (Lipinski definition) is 7. The van der Waals surface area contributed by atoms with E-state index >= 15 is 0 Å². The van der Waals surface area contributed by atoms with Gasteiger partial charge in [0.2, 0.25) is 17.1 Å². The van der Waals surface area contributed by atoms with Crippen LogP contribution in [0.5, 0.6) is 17.2 Å². The molecule has 1 heterocycles. The number of carbonyl (C=O) groups excluding carboxylic acids is 2. The molecule has 0 spiro atoms. The summed E-state index contributed by atoms with van der Waals surface area (Å²) in [7, 11) is 4.45. The third-order valence-electron chi connectivity index (χ3n) is 5.27. The molecule has 7 heteroatoms. The molecule has 3 rings (SSSR count). The fourth-order valence-electron chi connectivity index (χ4n) is 3.80. The Labute approximate surface area is 175 Å². The van der Waals surface area contributed by atoms with Gasteiger partial charge in [-0.3, -0.25) is 4.79 Å². The van der Waals surface area contributed by atoms with Crippen LogP contribution in [0.3, 0.4) is 0 Å². The van der Waals surface area contributed by atoms with E-state index in [-0.39, 0.29) is 18.6 Å². The van der Waals surface area contributed by atoms with Gasteiger partial charge in [-0.1, -0.05) is 37.3 Å². The summed E-state index contributed by atoms with van der Waals surface area (Å²) < 4.78 is 28.1. The van der Waals surface area contributed by atoms with Gasteiger partial charge in [0.15, 0.2) is 11.5 Å². The van der Waals surface area contributed by atoms with Crippen LogP contribution in [0.1, 0.15) is 47.9 Å². The highest BCUT2D eigenvalue weighted by Gasteiger charge is 2.55. The van der Waals surface area contributed by atoms with E-state index in [0.29, 0.717) is 22.8 Å². The molecular formula is C23H26O7. The Morgan fingerprint density at radius 2 is 1.70 bits per heavy atom. The first-order valence-electron chi connectivity index (χ1n) is 9.76. The van der Waals surface area contributed by atoms with Crippen molar-refractivity contribution in [2.45, 2.75) is 32.0 Å². The fourth-order valence-corrected chi connectivity index (χ4v) is 3.80. The molecule has 160 valence electrons. The van der Waals surface area contributed by atoms with E-state index < -0.39 is 23.5 Å². The zero-order valence-corrected chi connectivity index (χ0v) is 17.8. The molecule has 0 saturated heterocycles. The van der Waals surface area contributed by atoms with Crippen molar-refractivity contribution in [1.29, 1.82) is 0 Å². The largest absolute Gasteiger partial charge is 0.493 e. The molecule has 30 heavy (non-hydrogen) atoms. The van der Waals surface area contributed by atoms with Gasteiger partial charge in [-0.2, -0.15) is 0 Å². The third kappa shape index (κ3) is 3.29. The molecule has 0 aliphatic carbocycles. The molecule has 2 aromatic carbocycles. The van der Waals surface area contributed by atoms with Gasteiger partial charge >= 0.3 is 5.97 Å². The van der Waals surface area contributed by atoms with Gasteiger partial charge in [0.05, 0.1) is 27.9 Å². The van der Waals surface area contributed by atoms with Gasteiger partial charge in [0.1, 0.15) is 6.10 Å². The Morgan fingerprint density at radius 3 is 2.23 bits per heavy atom. The standard InChI is InChI=1S/C23H26O7/c1-6-23(22(25)29-7-2)21(24)15-13-16(26-3)19(27-4)20(28-5)17(15)18(30-23)14-11-9-8-10-12-14/h8-13,18H,6-7H2,1-5H3/t18-,23-/m0/s1. The topological polar surface area (TPSA) is 80.3 Å². The van der Waals surface area contributed by atoms with Crippen molar-refractivity contribution >= 4 is 11.8 Å². The van der Waals surface area contributed by atoms with Crippen molar-refractivity contribution in [1.82, 2.24) is 0 Å². The number of Topliss-reactive ketones (excluding diaryl/α,β-unsaturated/α-hetero) is 1. The van der Waals surface area contributed by atoms with Crippen LogP contribution in [-0.4, -0.2) is 45.3 Å². The smallest absolute Gasteiger partial charge is 0.346 e. The molecule has 0 bridgehead atoms. The van der Waals surface area contributed by atoms with Crippen molar-refractivity contribution in [3.05, 3.63) is 53.1 Å². The minimum absolute atomic E-state index is 0.115. The van der Waals surface area contributed by atoms with Crippen molar-refractivity contribution < 1.29 is 33.3 Å². The molecule has 7 nitrogen and oxygen atoms in total. The molecule has 0 saturated carbocycles. The van der Waals surface area contributed by atoms with Crippen LogP contribution in [0.15, 0.2) is 36.4 Å². The first kappa shape index (κ1) is 21.6. The predicted octanol–water partition coefficient (Wildman–Crippen LogP) is 3.73. The fraction of sp³-hybridized carbons (Fsp3) is 0.391. The lowest BCUT2D eigenvalue weighted by molar-refractivity contribution is -0.171. The van der Waals surface area contributed by atoms with E-state index in [0.717, 1.165) is 5.56 Å². The predicted molar refractivity (Wildman–Crippen MR) is 109 cm³/mol. The maximum absolute atomic E-state index is 13.6. The van der Waals surface area contributed by atoms with Gasteiger partial charge in [0, 0.05) is 11.1 Å². The Morgan fingerprint density at radius 1 is 1.03 bits per heavy atom. The van der Waals surface area contributed by atoms with E-state index in [4.69, 9.17) is 23.7 Å². The average Bonchev–Trinajstić information content (AvgIpc) is 2.79. The number of benzene rings is 2. The van der Waals surface area contributed by atoms with Gasteiger partial charge in [0.25, 0.3) is 0 Å². The quantitative estimate of drug-likeness (QED) is 0.504. The third-order valence-corrected chi connectivity index (χ3v) is 5.27. The maximum atomic E-state index is 13.6. The van der Waals surface area contributed by atoms with Crippen LogP contribution in [0.4, 0.5) is 0 Å². The Hall–Kier alpha value is -3.06. The van der Waals surface area contributed by atoms with Crippen molar-refractivity contribution in [3.63, 3.8) is 0 Å². The number of esters is 1. The van der Waals surface area contributed by atoms with Crippen LogP contribution < -0.4 is 14.2 Å².